The van der Waals surface area contributed by atoms with Crippen molar-refractivity contribution in [1.29, 1.82) is 0 Å². The number of piperidine rings is 1. The highest BCUT2D eigenvalue weighted by atomic mass is 32.1. The third-order valence-electron chi connectivity index (χ3n) is 5.89. The Labute approximate surface area is 189 Å². The van der Waals surface area contributed by atoms with E-state index in [-0.39, 0.29) is 0 Å². The van der Waals surface area contributed by atoms with Crippen LogP contribution in [0.2, 0.25) is 0 Å². The van der Waals surface area contributed by atoms with Gasteiger partial charge in [0.25, 0.3) is 0 Å². The second kappa shape index (κ2) is 10.6. The summed E-state index contributed by atoms with van der Waals surface area (Å²) in [5, 5.41) is 5.74. The lowest BCUT2D eigenvalue weighted by atomic mass is 9.97. The molecule has 4 rings (SSSR count). The van der Waals surface area contributed by atoms with Gasteiger partial charge in [-0.3, -0.25) is 9.89 Å². The number of nitrogens with zero attached hydrogens (tertiary/aromatic N) is 4. The normalized spacial score (nSPS) is 15.9. The SMILES string of the molecule is CN=C(NCC1CCN(Cc2cccs2)CC1)N(C)Cc1ncc(-c2ccccc2)[nH]1. The van der Waals surface area contributed by atoms with Gasteiger partial charge in [0.05, 0.1) is 18.4 Å². The van der Waals surface area contributed by atoms with Crippen molar-refractivity contribution in [3.8, 4) is 11.3 Å². The van der Waals surface area contributed by atoms with E-state index < -0.39 is 0 Å². The monoisotopic (exact) mass is 436 g/mol. The highest BCUT2D eigenvalue weighted by molar-refractivity contribution is 7.09. The largest absolute Gasteiger partial charge is 0.356 e. The van der Waals surface area contributed by atoms with Crippen molar-refractivity contribution in [3.05, 3.63) is 64.7 Å². The fourth-order valence-corrected chi connectivity index (χ4v) is 4.84. The van der Waals surface area contributed by atoms with Gasteiger partial charge in [0.2, 0.25) is 0 Å². The van der Waals surface area contributed by atoms with Gasteiger partial charge in [-0.05, 0) is 48.9 Å². The van der Waals surface area contributed by atoms with Crippen LogP contribution in [0, 0.1) is 5.92 Å². The summed E-state index contributed by atoms with van der Waals surface area (Å²) in [4.78, 5) is 18.6. The summed E-state index contributed by atoms with van der Waals surface area (Å²) in [7, 11) is 3.91. The molecule has 1 aromatic carbocycles. The molecule has 3 aromatic rings. The fraction of sp³-hybridized carbons (Fsp3) is 0.417. The number of aromatic nitrogens is 2. The maximum absolute atomic E-state index is 4.55. The van der Waals surface area contributed by atoms with E-state index in [1.807, 2.05) is 42.8 Å². The van der Waals surface area contributed by atoms with Crippen molar-refractivity contribution < 1.29 is 0 Å². The number of hydrogen-bond acceptors (Lipinski definition) is 4. The number of aromatic amines is 1. The number of rotatable bonds is 7. The Morgan fingerprint density at radius 3 is 2.74 bits per heavy atom. The minimum Gasteiger partial charge on any atom is -0.356 e. The molecular formula is C24H32N6S. The minimum atomic E-state index is 0.686. The molecule has 0 amide bonds. The van der Waals surface area contributed by atoms with Gasteiger partial charge < -0.3 is 15.2 Å². The Hall–Kier alpha value is -2.64. The molecule has 0 atom stereocenters. The molecule has 2 aromatic heterocycles. The third kappa shape index (κ3) is 5.95. The zero-order valence-corrected chi connectivity index (χ0v) is 19.2. The van der Waals surface area contributed by atoms with Crippen molar-refractivity contribution in [2.75, 3.05) is 33.7 Å². The molecule has 0 bridgehead atoms. The van der Waals surface area contributed by atoms with Crippen molar-refractivity contribution in [3.63, 3.8) is 0 Å². The lowest BCUT2D eigenvalue weighted by Crippen LogP contribution is -2.43. The molecular weight excluding hydrogens is 404 g/mol. The summed E-state index contributed by atoms with van der Waals surface area (Å²) in [6, 6.07) is 14.7. The molecule has 3 heterocycles. The number of aliphatic imine (C=N–C) groups is 1. The van der Waals surface area contributed by atoms with E-state index in [1.165, 1.54) is 30.8 Å². The first kappa shape index (κ1) is 21.6. The van der Waals surface area contributed by atoms with Gasteiger partial charge in [-0.15, -0.1) is 11.3 Å². The van der Waals surface area contributed by atoms with Crippen LogP contribution in [0.15, 0.2) is 59.0 Å². The van der Waals surface area contributed by atoms with Gasteiger partial charge in [0, 0.05) is 32.1 Å². The molecule has 0 saturated carbocycles. The smallest absolute Gasteiger partial charge is 0.193 e. The number of guanidine groups is 1. The van der Waals surface area contributed by atoms with Crippen LogP contribution in [-0.4, -0.2) is 59.5 Å². The Kier molecular flexibility index (Phi) is 7.38. The number of benzene rings is 1. The van der Waals surface area contributed by atoms with Crippen LogP contribution < -0.4 is 5.32 Å². The van der Waals surface area contributed by atoms with Crippen LogP contribution in [-0.2, 0) is 13.1 Å². The molecule has 6 nitrogen and oxygen atoms in total. The molecule has 7 heteroatoms. The topological polar surface area (TPSA) is 59.6 Å². The van der Waals surface area contributed by atoms with E-state index in [0.717, 1.165) is 36.1 Å². The number of hydrogen-bond donors (Lipinski definition) is 2. The summed E-state index contributed by atoms with van der Waals surface area (Å²) in [5.41, 5.74) is 2.19. The second-order valence-corrected chi connectivity index (χ2v) is 9.22. The number of nitrogens with one attached hydrogen (secondary N) is 2. The van der Waals surface area contributed by atoms with Gasteiger partial charge in [-0.2, -0.15) is 0 Å². The maximum Gasteiger partial charge on any atom is 0.193 e. The van der Waals surface area contributed by atoms with Gasteiger partial charge >= 0.3 is 0 Å². The zero-order valence-electron chi connectivity index (χ0n) is 18.4. The van der Waals surface area contributed by atoms with Crippen LogP contribution in [0.5, 0.6) is 0 Å². The molecule has 1 fully saturated rings. The molecule has 164 valence electrons. The Morgan fingerprint density at radius 2 is 2.03 bits per heavy atom. The number of likely N-dealkylation sites (tertiary alicyclic amines) is 1. The number of imidazole rings is 1. The molecule has 0 aliphatic carbocycles. The van der Waals surface area contributed by atoms with E-state index in [1.54, 1.807) is 0 Å². The first-order valence-electron chi connectivity index (χ1n) is 11.0. The highest BCUT2D eigenvalue weighted by Gasteiger charge is 2.20. The predicted molar refractivity (Wildman–Crippen MR) is 129 cm³/mol. The summed E-state index contributed by atoms with van der Waals surface area (Å²) in [6.45, 7) is 5.10. The molecule has 2 N–H and O–H groups in total. The molecule has 31 heavy (non-hydrogen) atoms. The summed E-state index contributed by atoms with van der Waals surface area (Å²) < 4.78 is 0. The Morgan fingerprint density at radius 1 is 1.23 bits per heavy atom. The molecule has 1 aliphatic rings. The summed E-state index contributed by atoms with van der Waals surface area (Å²) in [5.74, 6) is 2.54. The van der Waals surface area contributed by atoms with Crippen molar-refractivity contribution in [2.45, 2.75) is 25.9 Å². The first-order chi connectivity index (χ1) is 15.2. The van der Waals surface area contributed by atoms with Gasteiger partial charge in [-0.25, -0.2) is 4.98 Å². The fourth-order valence-electron chi connectivity index (χ4n) is 4.10. The second-order valence-electron chi connectivity index (χ2n) is 8.19. The van der Waals surface area contributed by atoms with E-state index in [9.17, 15) is 0 Å². The average Bonchev–Trinajstić information content (AvgIpc) is 3.48. The van der Waals surface area contributed by atoms with E-state index >= 15 is 0 Å². The predicted octanol–water partition coefficient (Wildman–Crippen LogP) is 4.06. The van der Waals surface area contributed by atoms with Crippen LogP contribution >= 0.6 is 11.3 Å². The third-order valence-corrected chi connectivity index (χ3v) is 6.75. The van der Waals surface area contributed by atoms with Crippen LogP contribution in [0.25, 0.3) is 11.3 Å². The van der Waals surface area contributed by atoms with Crippen LogP contribution in [0.1, 0.15) is 23.5 Å². The van der Waals surface area contributed by atoms with Crippen molar-refractivity contribution in [2.24, 2.45) is 10.9 Å². The number of H-pyrrole nitrogens is 1. The maximum atomic E-state index is 4.55. The highest BCUT2D eigenvalue weighted by Crippen LogP contribution is 2.20. The standard InChI is InChI=1S/C24H32N6S/c1-25-24(27-15-19-10-12-30(13-11-19)17-21-9-6-14-31-21)29(2)18-23-26-16-22(28-23)20-7-4-3-5-8-20/h3-9,14,16,19H,10-13,15,17-18H2,1-2H3,(H,25,27)(H,26,28). The van der Waals surface area contributed by atoms with Gasteiger partial charge in [0.1, 0.15) is 5.82 Å². The molecule has 0 radical (unpaired) electrons. The van der Waals surface area contributed by atoms with E-state index in [2.05, 4.69) is 66.8 Å². The lowest BCUT2D eigenvalue weighted by molar-refractivity contribution is 0.179. The molecule has 1 aliphatic heterocycles. The summed E-state index contributed by atoms with van der Waals surface area (Å²) >= 11 is 1.86. The van der Waals surface area contributed by atoms with E-state index in [4.69, 9.17) is 0 Å². The van der Waals surface area contributed by atoms with Gasteiger partial charge in [-0.1, -0.05) is 36.4 Å². The minimum absolute atomic E-state index is 0.686. The molecule has 0 spiro atoms. The Bertz CT molecular complexity index is 942. The van der Waals surface area contributed by atoms with Gasteiger partial charge in [0.15, 0.2) is 5.96 Å². The average molecular weight is 437 g/mol. The Balaban J connectivity index is 1.23. The lowest BCUT2D eigenvalue weighted by Gasteiger charge is -2.32. The zero-order chi connectivity index (χ0) is 21.5. The van der Waals surface area contributed by atoms with Crippen LogP contribution in [0.4, 0.5) is 0 Å². The molecule has 0 unspecified atom stereocenters. The first-order valence-corrected chi connectivity index (χ1v) is 11.8. The van der Waals surface area contributed by atoms with Crippen molar-refractivity contribution >= 4 is 17.3 Å². The molecule has 1 saturated heterocycles. The van der Waals surface area contributed by atoms with Crippen molar-refractivity contribution in [1.82, 2.24) is 25.1 Å². The quantitative estimate of drug-likeness (QED) is 0.433. The van der Waals surface area contributed by atoms with E-state index in [0.29, 0.717) is 12.5 Å². The van der Waals surface area contributed by atoms with Crippen LogP contribution in [0.3, 0.4) is 0 Å². The summed E-state index contributed by atoms with van der Waals surface area (Å²) in [6.07, 6.45) is 4.37. The number of thiophene rings is 1.